The summed E-state index contributed by atoms with van der Waals surface area (Å²) in [5, 5.41) is 3.62. The van der Waals surface area contributed by atoms with E-state index in [1.165, 1.54) is 5.56 Å². The van der Waals surface area contributed by atoms with Crippen LogP contribution in [0.25, 0.3) is 0 Å². The maximum absolute atomic E-state index is 5.69. The molecule has 1 unspecified atom stereocenters. The highest BCUT2D eigenvalue weighted by Gasteiger charge is 2.35. The van der Waals surface area contributed by atoms with Crippen LogP contribution in [0, 0.1) is 11.3 Å². The summed E-state index contributed by atoms with van der Waals surface area (Å²) in [6.45, 7) is 10.4. The van der Waals surface area contributed by atoms with E-state index >= 15 is 0 Å². The lowest BCUT2D eigenvalue weighted by molar-refractivity contribution is 0.116. The van der Waals surface area contributed by atoms with Gasteiger partial charge in [-0.05, 0) is 43.6 Å². The average Bonchev–Trinajstić information content (AvgIpc) is 2.87. The number of ether oxygens (including phenoxy) is 1. The van der Waals surface area contributed by atoms with Crippen LogP contribution in [0.2, 0.25) is 0 Å². The quantitative estimate of drug-likeness (QED) is 0.796. The topological polar surface area (TPSA) is 37.4 Å². The molecule has 1 aliphatic rings. The zero-order chi connectivity index (χ0) is 15.1. The average molecular weight is 291 g/mol. The molecule has 1 atom stereocenters. The van der Waals surface area contributed by atoms with Gasteiger partial charge in [0.15, 0.2) is 0 Å². The Hall–Kier alpha value is -0.970. The summed E-state index contributed by atoms with van der Waals surface area (Å²) in [5.41, 5.74) is 1.58. The first kappa shape index (κ1) is 16.4. The van der Waals surface area contributed by atoms with Crippen LogP contribution in [0.3, 0.4) is 0 Å². The van der Waals surface area contributed by atoms with Gasteiger partial charge < -0.3 is 15.0 Å². The Morgan fingerprint density at radius 1 is 1.38 bits per heavy atom. The summed E-state index contributed by atoms with van der Waals surface area (Å²) < 4.78 is 5.69. The molecule has 1 aliphatic heterocycles. The fourth-order valence-corrected chi connectivity index (χ4v) is 3.02. The molecule has 0 saturated carbocycles. The fraction of sp³-hybridized carbons (Fsp3) is 0.706. The van der Waals surface area contributed by atoms with E-state index in [0.717, 1.165) is 45.8 Å². The van der Waals surface area contributed by atoms with Gasteiger partial charge in [-0.15, -0.1) is 0 Å². The first-order valence-corrected chi connectivity index (χ1v) is 7.96. The number of hydrogen-bond donors (Lipinski definition) is 1. The van der Waals surface area contributed by atoms with E-state index in [1.54, 1.807) is 0 Å². The van der Waals surface area contributed by atoms with Crippen molar-refractivity contribution in [3.63, 3.8) is 0 Å². The third-order valence-electron chi connectivity index (χ3n) is 4.04. The first-order chi connectivity index (χ1) is 10.1. The normalized spacial score (nSPS) is 22.3. The van der Waals surface area contributed by atoms with Gasteiger partial charge in [0.05, 0.1) is 6.61 Å². The molecule has 0 spiro atoms. The molecule has 0 aromatic carbocycles. The predicted molar refractivity (Wildman–Crippen MR) is 86.1 cm³/mol. The molecule has 0 bridgehead atoms. The highest BCUT2D eigenvalue weighted by molar-refractivity contribution is 5.09. The van der Waals surface area contributed by atoms with Crippen molar-refractivity contribution in [3.05, 3.63) is 30.1 Å². The summed E-state index contributed by atoms with van der Waals surface area (Å²) in [4.78, 5) is 6.48. The van der Waals surface area contributed by atoms with Crippen LogP contribution < -0.4 is 5.32 Å². The third kappa shape index (κ3) is 5.38. The molecular weight excluding hydrogens is 262 g/mol. The Kier molecular flexibility index (Phi) is 6.15. The maximum atomic E-state index is 5.69. The molecular formula is C17H29N3O. The predicted octanol–water partition coefficient (Wildman–Crippen LogP) is 2.17. The monoisotopic (exact) mass is 291 g/mol. The second kappa shape index (κ2) is 7.87. The van der Waals surface area contributed by atoms with Crippen molar-refractivity contribution in [2.24, 2.45) is 11.3 Å². The van der Waals surface area contributed by atoms with Crippen LogP contribution in [-0.2, 0) is 11.3 Å². The van der Waals surface area contributed by atoms with E-state index in [1.807, 2.05) is 12.4 Å². The van der Waals surface area contributed by atoms with Crippen molar-refractivity contribution in [1.82, 2.24) is 15.2 Å². The lowest BCUT2D eigenvalue weighted by Crippen LogP contribution is -2.44. The second-order valence-corrected chi connectivity index (χ2v) is 6.86. The van der Waals surface area contributed by atoms with Crippen LogP contribution in [-0.4, -0.2) is 49.8 Å². The van der Waals surface area contributed by atoms with E-state index in [0.29, 0.717) is 5.92 Å². The smallest absolute Gasteiger partial charge is 0.0547 e. The zero-order valence-electron chi connectivity index (χ0n) is 13.6. The number of nitrogens with one attached hydrogen (secondary N) is 1. The molecule has 2 rings (SSSR count). The zero-order valence-corrected chi connectivity index (χ0v) is 13.6. The Morgan fingerprint density at radius 2 is 2.14 bits per heavy atom. The molecule has 0 amide bonds. The largest absolute Gasteiger partial charge is 0.381 e. The SMILES string of the molecule is CC(C)CNCC1(CN(C)Cc2ccncc2)CCOC1. The van der Waals surface area contributed by atoms with Crippen molar-refractivity contribution in [2.75, 3.05) is 39.9 Å². The Balaban J connectivity index is 1.86. The molecule has 4 nitrogen and oxygen atoms in total. The molecule has 0 radical (unpaired) electrons. The van der Waals surface area contributed by atoms with Gasteiger partial charge in [-0.1, -0.05) is 13.8 Å². The van der Waals surface area contributed by atoms with Crippen molar-refractivity contribution in [2.45, 2.75) is 26.8 Å². The van der Waals surface area contributed by atoms with Gasteiger partial charge in [-0.2, -0.15) is 0 Å². The van der Waals surface area contributed by atoms with E-state index in [2.05, 4.69) is 48.2 Å². The minimum absolute atomic E-state index is 0.261. The van der Waals surface area contributed by atoms with Crippen molar-refractivity contribution in [3.8, 4) is 0 Å². The van der Waals surface area contributed by atoms with E-state index in [-0.39, 0.29) is 5.41 Å². The molecule has 0 aliphatic carbocycles. The van der Waals surface area contributed by atoms with E-state index in [9.17, 15) is 0 Å². The Bertz CT molecular complexity index is 402. The van der Waals surface area contributed by atoms with Crippen LogP contribution in [0.4, 0.5) is 0 Å². The summed E-state index contributed by atoms with van der Waals surface area (Å²) in [6, 6.07) is 4.18. The standard InChI is InChI=1S/C17H29N3O/c1-15(2)10-19-12-17(6-9-21-14-17)13-20(3)11-16-4-7-18-8-5-16/h4-5,7-8,15,19H,6,9-14H2,1-3H3. The van der Waals surface area contributed by atoms with Crippen molar-refractivity contribution >= 4 is 0 Å². The van der Waals surface area contributed by atoms with Crippen LogP contribution >= 0.6 is 0 Å². The molecule has 1 aromatic heterocycles. The Morgan fingerprint density at radius 3 is 2.76 bits per heavy atom. The maximum Gasteiger partial charge on any atom is 0.0547 e. The molecule has 4 heteroatoms. The molecule has 118 valence electrons. The number of pyridine rings is 1. The third-order valence-corrected chi connectivity index (χ3v) is 4.04. The minimum atomic E-state index is 0.261. The van der Waals surface area contributed by atoms with Crippen molar-refractivity contribution in [1.29, 1.82) is 0 Å². The summed E-state index contributed by atoms with van der Waals surface area (Å²) in [5.74, 6) is 0.693. The molecule has 1 N–H and O–H groups in total. The van der Waals surface area contributed by atoms with Gasteiger partial charge in [-0.25, -0.2) is 0 Å². The Labute approximate surface area is 128 Å². The van der Waals surface area contributed by atoms with Gasteiger partial charge in [0.2, 0.25) is 0 Å². The minimum Gasteiger partial charge on any atom is -0.381 e. The van der Waals surface area contributed by atoms with Gasteiger partial charge in [0, 0.05) is 44.0 Å². The van der Waals surface area contributed by atoms with Crippen molar-refractivity contribution < 1.29 is 4.74 Å². The fourth-order valence-electron chi connectivity index (χ4n) is 3.02. The molecule has 1 saturated heterocycles. The van der Waals surface area contributed by atoms with E-state index in [4.69, 9.17) is 4.74 Å². The summed E-state index contributed by atoms with van der Waals surface area (Å²) in [6.07, 6.45) is 4.88. The van der Waals surface area contributed by atoms with Gasteiger partial charge in [0.25, 0.3) is 0 Å². The van der Waals surface area contributed by atoms with Crippen LogP contribution in [0.5, 0.6) is 0 Å². The first-order valence-electron chi connectivity index (χ1n) is 7.96. The lowest BCUT2D eigenvalue weighted by Gasteiger charge is -2.33. The highest BCUT2D eigenvalue weighted by Crippen LogP contribution is 2.29. The van der Waals surface area contributed by atoms with Gasteiger partial charge >= 0.3 is 0 Å². The number of hydrogen-bond acceptors (Lipinski definition) is 4. The molecule has 1 aromatic rings. The number of nitrogens with zero attached hydrogens (tertiary/aromatic N) is 2. The molecule has 1 fully saturated rings. The van der Waals surface area contributed by atoms with E-state index < -0.39 is 0 Å². The molecule has 21 heavy (non-hydrogen) atoms. The van der Waals surface area contributed by atoms with Gasteiger partial charge in [0.1, 0.15) is 0 Å². The van der Waals surface area contributed by atoms with Crippen LogP contribution in [0.1, 0.15) is 25.8 Å². The van der Waals surface area contributed by atoms with Crippen LogP contribution in [0.15, 0.2) is 24.5 Å². The highest BCUT2D eigenvalue weighted by atomic mass is 16.5. The van der Waals surface area contributed by atoms with Gasteiger partial charge in [-0.3, -0.25) is 4.98 Å². The number of aromatic nitrogens is 1. The second-order valence-electron chi connectivity index (χ2n) is 6.86. The lowest BCUT2D eigenvalue weighted by atomic mass is 9.86. The number of rotatable bonds is 8. The summed E-state index contributed by atoms with van der Waals surface area (Å²) >= 11 is 0. The summed E-state index contributed by atoms with van der Waals surface area (Å²) in [7, 11) is 2.20. The molecule has 2 heterocycles.